The minimum atomic E-state index is 0.303. The summed E-state index contributed by atoms with van der Waals surface area (Å²) in [4.78, 5) is 11.1. The molecule has 0 aliphatic carbocycles. The Bertz CT molecular complexity index is 585. The lowest BCUT2D eigenvalue weighted by atomic mass is 9.92. The van der Waals surface area contributed by atoms with E-state index in [2.05, 4.69) is 54.5 Å². The zero-order chi connectivity index (χ0) is 14.8. The molecule has 2 heterocycles. The highest BCUT2D eigenvalue weighted by atomic mass is 32.1. The molecule has 110 valence electrons. The molecular formula is C14H23N5S. The summed E-state index contributed by atoms with van der Waals surface area (Å²) in [5.74, 6) is 6.77. The lowest BCUT2D eigenvalue weighted by molar-refractivity contribution is 0.389. The number of nitrogens with two attached hydrogens (primary N) is 1. The van der Waals surface area contributed by atoms with Crippen molar-refractivity contribution >= 4 is 33.3 Å². The van der Waals surface area contributed by atoms with Crippen molar-refractivity contribution in [2.24, 2.45) is 11.3 Å². The summed E-state index contributed by atoms with van der Waals surface area (Å²) in [6, 6.07) is 2.17. The van der Waals surface area contributed by atoms with Crippen LogP contribution in [0.15, 0.2) is 6.07 Å². The lowest BCUT2D eigenvalue weighted by Gasteiger charge is -2.18. The maximum atomic E-state index is 5.45. The molecule has 0 saturated heterocycles. The molecule has 6 heteroatoms. The van der Waals surface area contributed by atoms with Gasteiger partial charge in [-0.05, 0) is 24.3 Å². The summed E-state index contributed by atoms with van der Waals surface area (Å²) < 4.78 is 0. The second kappa shape index (κ2) is 5.93. The normalized spacial score (nSPS) is 11.8. The first-order valence-corrected chi connectivity index (χ1v) is 7.75. The van der Waals surface area contributed by atoms with Crippen LogP contribution in [-0.4, -0.2) is 16.5 Å². The third kappa shape index (κ3) is 3.58. The van der Waals surface area contributed by atoms with Gasteiger partial charge in [0.25, 0.3) is 0 Å². The van der Waals surface area contributed by atoms with Crippen LogP contribution in [-0.2, 0) is 6.42 Å². The zero-order valence-electron chi connectivity index (χ0n) is 12.6. The van der Waals surface area contributed by atoms with Crippen molar-refractivity contribution in [2.45, 2.75) is 40.5 Å². The number of aromatic nitrogens is 2. The van der Waals surface area contributed by atoms with Crippen molar-refractivity contribution in [3.05, 3.63) is 10.9 Å². The van der Waals surface area contributed by atoms with E-state index >= 15 is 0 Å². The number of anilines is 2. The van der Waals surface area contributed by atoms with Crippen LogP contribution >= 0.6 is 11.3 Å². The Morgan fingerprint density at radius 2 is 2.05 bits per heavy atom. The van der Waals surface area contributed by atoms with Crippen LogP contribution in [0, 0.1) is 5.41 Å². The number of thiophene rings is 1. The van der Waals surface area contributed by atoms with E-state index in [0.29, 0.717) is 11.4 Å². The zero-order valence-corrected chi connectivity index (χ0v) is 13.4. The molecule has 0 spiro atoms. The van der Waals surface area contributed by atoms with Crippen molar-refractivity contribution in [1.29, 1.82) is 0 Å². The summed E-state index contributed by atoms with van der Waals surface area (Å²) in [6.45, 7) is 9.73. The van der Waals surface area contributed by atoms with Crippen LogP contribution in [0.3, 0.4) is 0 Å². The van der Waals surface area contributed by atoms with Gasteiger partial charge in [0, 0.05) is 11.4 Å². The Morgan fingerprint density at radius 1 is 1.30 bits per heavy atom. The predicted molar refractivity (Wildman–Crippen MR) is 87.2 cm³/mol. The molecule has 0 fully saturated rings. The Morgan fingerprint density at radius 3 is 2.65 bits per heavy atom. The smallest absolute Gasteiger partial charge is 0.240 e. The van der Waals surface area contributed by atoms with E-state index in [1.807, 2.05) is 0 Å². The van der Waals surface area contributed by atoms with Crippen LogP contribution in [0.5, 0.6) is 0 Å². The first-order valence-electron chi connectivity index (χ1n) is 6.94. The van der Waals surface area contributed by atoms with Crippen LogP contribution in [0.2, 0.25) is 0 Å². The summed E-state index contributed by atoms with van der Waals surface area (Å²) >= 11 is 1.69. The first-order chi connectivity index (χ1) is 9.43. The van der Waals surface area contributed by atoms with Gasteiger partial charge in [0.2, 0.25) is 5.95 Å². The molecule has 0 aliphatic rings. The summed E-state index contributed by atoms with van der Waals surface area (Å²) in [6.07, 6.45) is 2.09. The monoisotopic (exact) mass is 293 g/mol. The van der Waals surface area contributed by atoms with Crippen LogP contribution in [0.4, 0.5) is 11.8 Å². The number of fused-ring (bicyclic) bond motifs is 1. The minimum Gasteiger partial charge on any atom is -0.369 e. The fourth-order valence-electron chi connectivity index (χ4n) is 1.90. The van der Waals surface area contributed by atoms with Gasteiger partial charge in [0.05, 0.1) is 5.39 Å². The van der Waals surface area contributed by atoms with Crippen molar-refractivity contribution in [3.8, 4) is 0 Å². The van der Waals surface area contributed by atoms with Gasteiger partial charge in [-0.3, -0.25) is 5.43 Å². The molecule has 0 amide bonds. The number of aryl methyl sites for hydroxylation is 1. The Hall–Kier alpha value is -1.40. The first kappa shape index (κ1) is 15.0. The minimum absolute atomic E-state index is 0.303. The van der Waals surface area contributed by atoms with Crippen LogP contribution < -0.4 is 16.6 Å². The highest BCUT2D eigenvalue weighted by Gasteiger charge is 2.13. The maximum absolute atomic E-state index is 5.45. The largest absolute Gasteiger partial charge is 0.369 e. The van der Waals surface area contributed by atoms with Gasteiger partial charge in [-0.1, -0.05) is 27.7 Å². The summed E-state index contributed by atoms with van der Waals surface area (Å²) in [5.41, 5.74) is 2.84. The number of rotatable bonds is 5. The number of nitrogens with one attached hydrogen (secondary N) is 2. The van der Waals surface area contributed by atoms with Gasteiger partial charge in [0.1, 0.15) is 10.6 Å². The van der Waals surface area contributed by atoms with E-state index in [1.54, 1.807) is 11.3 Å². The second-order valence-corrected chi connectivity index (χ2v) is 7.18. The van der Waals surface area contributed by atoms with Crippen LogP contribution in [0.1, 0.15) is 39.0 Å². The molecular weight excluding hydrogens is 270 g/mol. The van der Waals surface area contributed by atoms with E-state index in [9.17, 15) is 0 Å². The van der Waals surface area contributed by atoms with E-state index in [0.717, 1.165) is 35.4 Å². The number of hydrazine groups is 1. The molecule has 0 aromatic carbocycles. The van der Waals surface area contributed by atoms with E-state index in [4.69, 9.17) is 5.84 Å². The molecule has 0 bridgehead atoms. The molecule has 0 radical (unpaired) electrons. The third-order valence-corrected chi connectivity index (χ3v) is 4.26. The number of nitrogens with zero attached hydrogens (tertiary/aromatic N) is 2. The third-order valence-electron chi connectivity index (χ3n) is 3.09. The highest BCUT2D eigenvalue weighted by Crippen LogP contribution is 2.30. The molecule has 5 nitrogen and oxygen atoms in total. The Labute approximate surface area is 124 Å². The number of hydrogen-bond acceptors (Lipinski definition) is 6. The average Bonchev–Trinajstić information content (AvgIpc) is 2.80. The average molecular weight is 293 g/mol. The van der Waals surface area contributed by atoms with Crippen LogP contribution in [0.25, 0.3) is 10.2 Å². The standard InChI is InChI=1S/C14H23N5S/c1-5-9-8-10-11(16-7-6-14(2,3)4)17-13(19-15)18-12(10)20-9/h8H,5-7,15H2,1-4H3,(H2,16,17,18,19). The fourth-order valence-corrected chi connectivity index (χ4v) is 2.87. The van der Waals surface area contributed by atoms with E-state index in [1.165, 1.54) is 4.88 Å². The quantitative estimate of drug-likeness (QED) is 0.582. The molecule has 2 aromatic heterocycles. The molecule has 0 saturated carbocycles. The molecule has 20 heavy (non-hydrogen) atoms. The summed E-state index contributed by atoms with van der Waals surface area (Å²) in [7, 11) is 0. The number of nitrogen functional groups attached to an aromatic ring is 1. The maximum Gasteiger partial charge on any atom is 0.240 e. The number of hydrogen-bond donors (Lipinski definition) is 3. The van der Waals surface area contributed by atoms with Crippen molar-refractivity contribution in [3.63, 3.8) is 0 Å². The van der Waals surface area contributed by atoms with Gasteiger partial charge in [-0.15, -0.1) is 11.3 Å². The van der Waals surface area contributed by atoms with Crippen molar-refractivity contribution < 1.29 is 0 Å². The van der Waals surface area contributed by atoms with Gasteiger partial charge in [0.15, 0.2) is 0 Å². The highest BCUT2D eigenvalue weighted by molar-refractivity contribution is 7.18. The van der Waals surface area contributed by atoms with Crippen molar-refractivity contribution in [1.82, 2.24) is 9.97 Å². The van der Waals surface area contributed by atoms with Gasteiger partial charge in [-0.25, -0.2) is 10.8 Å². The summed E-state index contributed by atoms with van der Waals surface area (Å²) in [5, 5.41) is 4.50. The lowest BCUT2D eigenvalue weighted by Crippen LogP contribution is -2.15. The molecule has 4 N–H and O–H groups in total. The van der Waals surface area contributed by atoms with Gasteiger partial charge >= 0.3 is 0 Å². The van der Waals surface area contributed by atoms with E-state index in [-0.39, 0.29) is 0 Å². The predicted octanol–water partition coefficient (Wildman–Crippen LogP) is 3.39. The molecule has 0 unspecified atom stereocenters. The molecule has 2 rings (SSSR count). The Kier molecular flexibility index (Phi) is 4.45. The Balaban J connectivity index is 2.27. The second-order valence-electron chi connectivity index (χ2n) is 6.06. The fraction of sp³-hybridized carbons (Fsp3) is 0.571. The van der Waals surface area contributed by atoms with Gasteiger partial charge < -0.3 is 5.32 Å². The van der Waals surface area contributed by atoms with Gasteiger partial charge in [-0.2, -0.15) is 4.98 Å². The SMILES string of the molecule is CCc1cc2c(NCCC(C)(C)C)nc(NN)nc2s1. The molecule has 0 atom stereocenters. The van der Waals surface area contributed by atoms with Crippen molar-refractivity contribution in [2.75, 3.05) is 17.3 Å². The molecule has 2 aromatic rings. The van der Waals surface area contributed by atoms with E-state index < -0.39 is 0 Å². The topological polar surface area (TPSA) is 75.9 Å². The molecule has 0 aliphatic heterocycles.